The lowest BCUT2D eigenvalue weighted by Gasteiger charge is -2.21. The topological polar surface area (TPSA) is 66.5 Å². The van der Waals surface area contributed by atoms with Gasteiger partial charge in [0.15, 0.2) is 0 Å². The third-order valence-electron chi connectivity index (χ3n) is 5.52. The van der Waals surface area contributed by atoms with Crippen LogP contribution in [0.3, 0.4) is 0 Å². The van der Waals surface area contributed by atoms with E-state index in [0.717, 1.165) is 34.4 Å². The second-order valence-electron chi connectivity index (χ2n) is 7.73. The molecule has 1 heterocycles. The largest absolute Gasteiger partial charge is 0.312 e. The maximum Gasteiger partial charge on any atom is 0.241 e. The highest BCUT2D eigenvalue weighted by Crippen LogP contribution is 2.28. The number of amides is 1. The Bertz CT molecular complexity index is 1030. The molecule has 1 fully saturated rings. The highest BCUT2D eigenvalue weighted by Gasteiger charge is 2.25. The molecular weight excluding hydrogens is 372 g/mol. The summed E-state index contributed by atoms with van der Waals surface area (Å²) in [6, 6.07) is 8.75. The van der Waals surface area contributed by atoms with E-state index in [1.807, 2.05) is 33.8 Å². The molecule has 1 N–H and O–H groups in total. The van der Waals surface area contributed by atoms with Gasteiger partial charge in [-0.3, -0.25) is 4.79 Å². The molecule has 6 heteroatoms. The molecule has 150 valence electrons. The van der Waals surface area contributed by atoms with Crippen molar-refractivity contribution in [3.05, 3.63) is 58.1 Å². The van der Waals surface area contributed by atoms with Crippen molar-refractivity contribution in [2.45, 2.75) is 58.4 Å². The Morgan fingerprint density at radius 3 is 2.25 bits per heavy atom. The summed E-state index contributed by atoms with van der Waals surface area (Å²) in [5, 5.41) is 0. The maximum absolute atomic E-state index is 12.9. The van der Waals surface area contributed by atoms with Crippen LogP contribution in [0.15, 0.2) is 35.2 Å². The minimum atomic E-state index is -3.68. The molecule has 1 saturated heterocycles. The summed E-state index contributed by atoms with van der Waals surface area (Å²) in [5.41, 5.74) is 5.95. The number of carbonyl (C=O) groups is 1. The summed E-state index contributed by atoms with van der Waals surface area (Å²) >= 11 is 0. The Balaban J connectivity index is 1.86. The first-order valence-corrected chi connectivity index (χ1v) is 11.1. The lowest BCUT2D eigenvalue weighted by molar-refractivity contribution is -0.117. The standard InChI is InChI=1S/C22H28N2O3S/c1-14-11-16(3)20(13-15(14)2)18(5)23-28(26,27)19-8-9-21(17(4)12-19)24-10-6-7-22(24)25/h8-9,11-13,18,23H,6-7,10H2,1-5H3/t18-/m1/s1. The van der Waals surface area contributed by atoms with Gasteiger partial charge in [0.1, 0.15) is 0 Å². The number of nitrogens with zero attached hydrogens (tertiary/aromatic N) is 1. The van der Waals surface area contributed by atoms with E-state index in [0.29, 0.717) is 13.0 Å². The number of nitrogens with one attached hydrogen (secondary N) is 1. The molecule has 2 aromatic rings. The Kier molecular flexibility index (Phi) is 5.64. The van der Waals surface area contributed by atoms with Gasteiger partial charge in [0.2, 0.25) is 15.9 Å². The van der Waals surface area contributed by atoms with E-state index in [-0.39, 0.29) is 16.8 Å². The molecule has 1 aliphatic rings. The molecule has 28 heavy (non-hydrogen) atoms. The fraction of sp³-hybridized carbons (Fsp3) is 0.409. The second kappa shape index (κ2) is 7.68. The number of anilines is 1. The first kappa shape index (κ1) is 20.6. The third kappa shape index (κ3) is 3.98. The van der Waals surface area contributed by atoms with Crippen molar-refractivity contribution < 1.29 is 13.2 Å². The number of hydrogen-bond donors (Lipinski definition) is 1. The summed E-state index contributed by atoms with van der Waals surface area (Å²) in [6.45, 7) is 10.5. The van der Waals surface area contributed by atoms with Crippen molar-refractivity contribution in [3.63, 3.8) is 0 Å². The van der Waals surface area contributed by atoms with Gasteiger partial charge < -0.3 is 4.90 Å². The SMILES string of the molecule is Cc1cc(C)c([C@@H](C)NS(=O)(=O)c2ccc(N3CCCC3=O)c(C)c2)cc1C. The van der Waals surface area contributed by atoms with Crippen LogP contribution < -0.4 is 9.62 Å². The van der Waals surface area contributed by atoms with E-state index < -0.39 is 10.0 Å². The predicted molar refractivity (Wildman–Crippen MR) is 112 cm³/mol. The number of carbonyl (C=O) groups excluding carboxylic acids is 1. The van der Waals surface area contributed by atoms with E-state index in [1.165, 1.54) is 5.56 Å². The van der Waals surface area contributed by atoms with Crippen LogP contribution in [0.25, 0.3) is 0 Å². The highest BCUT2D eigenvalue weighted by atomic mass is 32.2. The predicted octanol–water partition coefficient (Wildman–Crippen LogP) is 4.09. The molecular formula is C22H28N2O3S. The zero-order valence-corrected chi connectivity index (χ0v) is 18.0. The minimum absolute atomic E-state index is 0.0932. The van der Waals surface area contributed by atoms with Crippen LogP contribution in [0, 0.1) is 27.7 Å². The molecule has 0 aromatic heterocycles. The summed E-state index contributed by atoms with van der Waals surface area (Å²) in [6.07, 6.45) is 1.39. The van der Waals surface area contributed by atoms with Crippen LogP contribution in [0.5, 0.6) is 0 Å². The Morgan fingerprint density at radius 1 is 0.964 bits per heavy atom. The Labute approximate surface area is 167 Å². The van der Waals surface area contributed by atoms with E-state index >= 15 is 0 Å². The van der Waals surface area contributed by atoms with Gasteiger partial charge in [0.25, 0.3) is 0 Å². The van der Waals surface area contributed by atoms with Crippen LogP contribution in [-0.2, 0) is 14.8 Å². The zero-order valence-electron chi connectivity index (χ0n) is 17.2. The number of sulfonamides is 1. The van der Waals surface area contributed by atoms with E-state index in [1.54, 1.807) is 23.1 Å². The fourth-order valence-electron chi connectivity index (χ4n) is 3.81. The molecule has 2 aromatic carbocycles. The van der Waals surface area contributed by atoms with Crippen LogP contribution >= 0.6 is 0 Å². The molecule has 5 nitrogen and oxygen atoms in total. The smallest absolute Gasteiger partial charge is 0.241 e. The summed E-state index contributed by atoms with van der Waals surface area (Å²) < 4.78 is 28.7. The summed E-state index contributed by atoms with van der Waals surface area (Å²) in [4.78, 5) is 13.9. The molecule has 0 radical (unpaired) electrons. The number of aryl methyl sites for hydroxylation is 4. The molecule has 0 saturated carbocycles. The van der Waals surface area contributed by atoms with Gasteiger partial charge in [-0.15, -0.1) is 0 Å². The van der Waals surface area contributed by atoms with Crippen LogP contribution in [0.2, 0.25) is 0 Å². The lowest BCUT2D eigenvalue weighted by Crippen LogP contribution is -2.28. The normalized spacial score (nSPS) is 15.9. The van der Waals surface area contributed by atoms with Crippen molar-refractivity contribution in [3.8, 4) is 0 Å². The summed E-state index contributed by atoms with van der Waals surface area (Å²) in [5.74, 6) is 0.0932. The molecule has 1 atom stereocenters. The van der Waals surface area contributed by atoms with Gasteiger partial charge in [0, 0.05) is 24.7 Å². The zero-order chi connectivity index (χ0) is 20.6. The third-order valence-corrected chi connectivity index (χ3v) is 7.06. The molecule has 0 bridgehead atoms. The Hall–Kier alpha value is -2.18. The van der Waals surface area contributed by atoms with Crippen molar-refractivity contribution >= 4 is 21.6 Å². The van der Waals surface area contributed by atoms with Crippen LogP contribution in [0.4, 0.5) is 5.69 Å². The van der Waals surface area contributed by atoms with Gasteiger partial charge >= 0.3 is 0 Å². The van der Waals surface area contributed by atoms with Gasteiger partial charge in [-0.05, 0) is 87.1 Å². The number of hydrogen-bond acceptors (Lipinski definition) is 3. The van der Waals surface area contributed by atoms with Crippen LogP contribution in [-0.4, -0.2) is 20.9 Å². The van der Waals surface area contributed by atoms with E-state index in [4.69, 9.17) is 0 Å². The molecule has 3 rings (SSSR count). The number of rotatable bonds is 5. The van der Waals surface area contributed by atoms with E-state index in [9.17, 15) is 13.2 Å². The van der Waals surface area contributed by atoms with Crippen molar-refractivity contribution in [1.82, 2.24) is 4.72 Å². The summed E-state index contributed by atoms with van der Waals surface area (Å²) in [7, 11) is -3.68. The van der Waals surface area contributed by atoms with Gasteiger partial charge in [0.05, 0.1) is 4.90 Å². The van der Waals surface area contributed by atoms with Crippen molar-refractivity contribution in [2.24, 2.45) is 0 Å². The average molecular weight is 401 g/mol. The lowest BCUT2D eigenvalue weighted by atomic mass is 9.97. The average Bonchev–Trinajstić information content (AvgIpc) is 3.03. The molecule has 0 aliphatic carbocycles. The van der Waals surface area contributed by atoms with Gasteiger partial charge in [-0.2, -0.15) is 0 Å². The monoisotopic (exact) mass is 400 g/mol. The van der Waals surface area contributed by atoms with Crippen LogP contribution in [0.1, 0.15) is 53.6 Å². The minimum Gasteiger partial charge on any atom is -0.312 e. The molecule has 1 aliphatic heterocycles. The van der Waals surface area contributed by atoms with Gasteiger partial charge in [-0.25, -0.2) is 13.1 Å². The first-order chi connectivity index (χ1) is 13.1. The second-order valence-corrected chi connectivity index (χ2v) is 9.45. The highest BCUT2D eigenvalue weighted by molar-refractivity contribution is 7.89. The van der Waals surface area contributed by atoms with Crippen molar-refractivity contribution in [1.29, 1.82) is 0 Å². The Morgan fingerprint density at radius 2 is 1.64 bits per heavy atom. The maximum atomic E-state index is 12.9. The van der Waals surface area contributed by atoms with Gasteiger partial charge in [-0.1, -0.05) is 12.1 Å². The molecule has 0 unspecified atom stereocenters. The molecule has 1 amide bonds. The fourth-order valence-corrected chi connectivity index (χ4v) is 5.12. The number of benzene rings is 2. The van der Waals surface area contributed by atoms with Crippen molar-refractivity contribution in [2.75, 3.05) is 11.4 Å². The van der Waals surface area contributed by atoms with E-state index in [2.05, 4.69) is 17.7 Å². The first-order valence-electron chi connectivity index (χ1n) is 9.61. The molecule has 0 spiro atoms. The quantitative estimate of drug-likeness (QED) is 0.822.